The van der Waals surface area contributed by atoms with Crippen LogP contribution in [-0.4, -0.2) is 53.8 Å². The number of hydrogen-bond acceptors (Lipinski definition) is 3. The topological polar surface area (TPSA) is 94.3 Å². The second-order valence-electron chi connectivity index (χ2n) is 6.48. The van der Waals surface area contributed by atoms with Crippen molar-refractivity contribution in [2.45, 2.75) is 25.7 Å². The molecule has 0 bridgehead atoms. The smallest absolute Gasteiger partial charge is 0.239 e. The highest BCUT2D eigenvalue weighted by Gasteiger charge is 2.20. The third-order valence-electron chi connectivity index (χ3n) is 4.58. The Labute approximate surface area is 152 Å². The fourth-order valence-electron chi connectivity index (χ4n) is 3.17. The average Bonchev–Trinajstić information content (AvgIpc) is 3.05. The number of rotatable bonds is 7. The van der Waals surface area contributed by atoms with Gasteiger partial charge in [0.1, 0.15) is 0 Å². The molecule has 0 aliphatic carbocycles. The fourth-order valence-corrected chi connectivity index (χ4v) is 3.17. The van der Waals surface area contributed by atoms with Crippen LogP contribution in [0.2, 0.25) is 0 Å². The standard InChI is InChI=1S/C19H24N4O3/c24-17(6-3-7-19(26)23-11-10-21-18(25)13-23)20-9-8-14-12-22-16-5-2-1-4-15(14)16/h1-2,4-5,12,22H,3,6-11,13H2,(H,20,24)(H,21,25). The minimum atomic E-state index is -0.125. The number of carbonyl (C=O) groups excluding carboxylic acids is 3. The van der Waals surface area contributed by atoms with Crippen LogP contribution in [-0.2, 0) is 20.8 Å². The molecule has 0 unspecified atom stereocenters. The van der Waals surface area contributed by atoms with E-state index in [2.05, 4.69) is 21.7 Å². The molecular formula is C19H24N4O3. The quantitative estimate of drug-likeness (QED) is 0.690. The molecule has 1 aromatic heterocycles. The number of aromatic nitrogens is 1. The van der Waals surface area contributed by atoms with Crippen LogP contribution < -0.4 is 10.6 Å². The lowest BCUT2D eigenvalue weighted by molar-refractivity contribution is -0.138. The molecule has 3 amide bonds. The predicted octanol–water partition coefficient (Wildman–Crippen LogP) is 0.955. The Hall–Kier alpha value is -2.83. The maximum Gasteiger partial charge on any atom is 0.239 e. The Morgan fingerprint density at radius 3 is 2.88 bits per heavy atom. The molecule has 0 spiro atoms. The van der Waals surface area contributed by atoms with E-state index >= 15 is 0 Å². The monoisotopic (exact) mass is 356 g/mol. The van der Waals surface area contributed by atoms with Gasteiger partial charge in [0, 0.05) is 49.6 Å². The van der Waals surface area contributed by atoms with Crippen molar-refractivity contribution in [3.05, 3.63) is 36.0 Å². The summed E-state index contributed by atoms with van der Waals surface area (Å²) in [5.41, 5.74) is 2.28. The summed E-state index contributed by atoms with van der Waals surface area (Å²) in [6.45, 7) is 1.73. The van der Waals surface area contributed by atoms with Crippen molar-refractivity contribution in [1.29, 1.82) is 0 Å². The average molecular weight is 356 g/mol. The highest BCUT2D eigenvalue weighted by atomic mass is 16.2. The number of hydrogen-bond donors (Lipinski definition) is 3. The van der Waals surface area contributed by atoms with Gasteiger partial charge in [0.25, 0.3) is 0 Å². The first-order valence-corrected chi connectivity index (χ1v) is 8.99. The van der Waals surface area contributed by atoms with Crippen LogP contribution in [0.1, 0.15) is 24.8 Å². The molecule has 1 fully saturated rings. The first kappa shape index (κ1) is 18.0. The number of aromatic amines is 1. The number of nitrogens with zero attached hydrogens (tertiary/aromatic N) is 1. The maximum atomic E-state index is 12.0. The fraction of sp³-hybridized carbons (Fsp3) is 0.421. The lowest BCUT2D eigenvalue weighted by Crippen LogP contribution is -2.49. The van der Waals surface area contributed by atoms with Gasteiger partial charge < -0.3 is 20.5 Å². The largest absolute Gasteiger partial charge is 0.361 e. The highest BCUT2D eigenvalue weighted by molar-refractivity contribution is 5.86. The lowest BCUT2D eigenvalue weighted by atomic mass is 10.1. The van der Waals surface area contributed by atoms with E-state index in [0.717, 1.165) is 11.9 Å². The van der Waals surface area contributed by atoms with Gasteiger partial charge in [-0.1, -0.05) is 18.2 Å². The van der Waals surface area contributed by atoms with Gasteiger partial charge in [-0.15, -0.1) is 0 Å². The SMILES string of the molecule is O=C(CCCC(=O)N1CCNC(=O)C1)NCCc1c[nH]c2ccccc12. The van der Waals surface area contributed by atoms with E-state index in [4.69, 9.17) is 0 Å². The van der Waals surface area contributed by atoms with E-state index in [0.29, 0.717) is 38.9 Å². The van der Waals surface area contributed by atoms with Gasteiger partial charge in [-0.2, -0.15) is 0 Å². The third kappa shape index (κ3) is 4.62. The van der Waals surface area contributed by atoms with Crippen LogP contribution in [0.25, 0.3) is 10.9 Å². The third-order valence-corrected chi connectivity index (χ3v) is 4.58. The molecule has 7 nitrogen and oxygen atoms in total. The van der Waals surface area contributed by atoms with Crippen molar-refractivity contribution in [3.63, 3.8) is 0 Å². The molecule has 1 aromatic carbocycles. The van der Waals surface area contributed by atoms with E-state index in [-0.39, 0.29) is 24.3 Å². The number of amides is 3. The molecule has 0 radical (unpaired) electrons. The van der Waals surface area contributed by atoms with Gasteiger partial charge in [0.2, 0.25) is 17.7 Å². The van der Waals surface area contributed by atoms with Crippen molar-refractivity contribution in [2.24, 2.45) is 0 Å². The zero-order valence-corrected chi connectivity index (χ0v) is 14.7. The van der Waals surface area contributed by atoms with Crippen LogP contribution in [0, 0.1) is 0 Å². The molecule has 0 saturated carbocycles. The summed E-state index contributed by atoms with van der Waals surface area (Å²) in [5, 5.41) is 6.77. The van der Waals surface area contributed by atoms with E-state index in [1.165, 1.54) is 10.9 Å². The molecule has 0 atom stereocenters. The van der Waals surface area contributed by atoms with Crippen molar-refractivity contribution in [2.75, 3.05) is 26.2 Å². The number of piperazine rings is 1. The van der Waals surface area contributed by atoms with E-state index < -0.39 is 0 Å². The molecule has 2 aromatic rings. The number of carbonyl (C=O) groups is 3. The number of H-pyrrole nitrogens is 1. The molecule has 1 aliphatic rings. The van der Waals surface area contributed by atoms with Crippen LogP contribution in [0.5, 0.6) is 0 Å². The summed E-state index contributed by atoms with van der Waals surface area (Å²) < 4.78 is 0. The molecule has 1 saturated heterocycles. The van der Waals surface area contributed by atoms with Crippen molar-refractivity contribution >= 4 is 28.6 Å². The zero-order chi connectivity index (χ0) is 18.4. The lowest BCUT2D eigenvalue weighted by Gasteiger charge is -2.26. The number of para-hydroxylation sites is 1. The molecule has 3 N–H and O–H groups in total. The molecule has 26 heavy (non-hydrogen) atoms. The van der Waals surface area contributed by atoms with Gasteiger partial charge >= 0.3 is 0 Å². The number of fused-ring (bicyclic) bond motifs is 1. The predicted molar refractivity (Wildman–Crippen MR) is 98.5 cm³/mol. The summed E-state index contributed by atoms with van der Waals surface area (Å²) in [4.78, 5) is 40.0. The second kappa shape index (κ2) is 8.51. The van der Waals surface area contributed by atoms with Crippen LogP contribution in [0.3, 0.4) is 0 Å². The molecular weight excluding hydrogens is 332 g/mol. The van der Waals surface area contributed by atoms with Crippen molar-refractivity contribution in [1.82, 2.24) is 20.5 Å². The number of nitrogens with one attached hydrogen (secondary N) is 3. The van der Waals surface area contributed by atoms with Gasteiger partial charge in [-0.05, 0) is 24.5 Å². The van der Waals surface area contributed by atoms with Crippen LogP contribution in [0.15, 0.2) is 30.5 Å². The number of benzene rings is 1. The summed E-state index contributed by atoms with van der Waals surface area (Å²) >= 11 is 0. The van der Waals surface area contributed by atoms with E-state index in [1.54, 1.807) is 4.90 Å². The van der Waals surface area contributed by atoms with E-state index in [1.807, 2.05) is 24.4 Å². The summed E-state index contributed by atoms with van der Waals surface area (Å²) in [6.07, 6.45) is 3.85. The van der Waals surface area contributed by atoms with Crippen molar-refractivity contribution < 1.29 is 14.4 Å². The molecule has 1 aliphatic heterocycles. The van der Waals surface area contributed by atoms with E-state index in [9.17, 15) is 14.4 Å². The van der Waals surface area contributed by atoms with Gasteiger partial charge in [0.15, 0.2) is 0 Å². The Morgan fingerprint density at radius 1 is 1.19 bits per heavy atom. The summed E-state index contributed by atoms with van der Waals surface area (Å²) in [6, 6.07) is 8.08. The molecule has 2 heterocycles. The molecule has 3 rings (SSSR count). The summed E-state index contributed by atoms with van der Waals surface area (Å²) in [5.74, 6) is -0.236. The molecule has 138 valence electrons. The Kier molecular flexibility index (Phi) is 5.88. The highest BCUT2D eigenvalue weighted by Crippen LogP contribution is 2.17. The first-order chi connectivity index (χ1) is 12.6. The minimum Gasteiger partial charge on any atom is -0.361 e. The Balaban J connectivity index is 1.34. The Bertz CT molecular complexity index is 799. The van der Waals surface area contributed by atoms with Gasteiger partial charge in [0.05, 0.1) is 6.54 Å². The van der Waals surface area contributed by atoms with Gasteiger partial charge in [-0.3, -0.25) is 14.4 Å². The first-order valence-electron chi connectivity index (χ1n) is 8.99. The van der Waals surface area contributed by atoms with Crippen LogP contribution >= 0.6 is 0 Å². The van der Waals surface area contributed by atoms with Crippen molar-refractivity contribution in [3.8, 4) is 0 Å². The zero-order valence-electron chi connectivity index (χ0n) is 14.7. The molecule has 7 heteroatoms. The normalized spacial score (nSPS) is 14.3. The van der Waals surface area contributed by atoms with Gasteiger partial charge in [-0.25, -0.2) is 0 Å². The minimum absolute atomic E-state index is 0.0472. The second-order valence-corrected chi connectivity index (χ2v) is 6.48. The Morgan fingerprint density at radius 2 is 2.04 bits per heavy atom. The van der Waals surface area contributed by atoms with Crippen LogP contribution in [0.4, 0.5) is 0 Å². The maximum absolute atomic E-state index is 12.0. The summed E-state index contributed by atoms with van der Waals surface area (Å²) in [7, 11) is 0.